The summed E-state index contributed by atoms with van der Waals surface area (Å²) >= 11 is 0. The van der Waals surface area contributed by atoms with Crippen LogP contribution in [0.2, 0.25) is 0 Å². The number of aliphatic hydroxyl groups is 1. The van der Waals surface area contributed by atoms with E-state index >= 15 is 0 Å². The van der Waals surface area contributed by atoms with E-state index in [4.69, 9.17) is 4.74 Å². The van der Waals surface area contributed by atoms with Crippen LogP contribution in [0.25, 0.3) is 0 Å². The first kappa shape index (κ1) is 16.5. The third-order valence-corrected chi connectivity index (χ3v) is 4.74. The van der Waals surface area contributed by atoms with Crippen LogP contribution in [0.1, 0.15) is 39.0 Å². The van der Waals surface area contributed by atoms with Crippen LogP contribution in [0.5, 0.6) is 0 Å². The Labute approximate surface area is 122 Å². The normalized spacial score (nSPS) is 37.5. The lowest BCUT2D eigenvalue weighted by atomic mass is 9.80. The molecule has 4 unspecified atom stereocenters. The standard InChI is InChI=1S/C14H22F3NO3/c1-9-13(20,5-6-21-9)8-18-12(19)10-3-2-4-11(7-10)14(15,16)17/h9-11,20H,2-8H2,1H3,(H,18,19). The lowest BCUT2D eigenvalue weighted by Crippen LogP contribution is -2.49. The van der Waals surface area contributed by atoms with Gasteiger partial charge in [-0.1, -0.05) is 6.42 Å². The van der Waals surface area contributed by atoms with Gasteiger partial charge in [0.1, 0.15) is 5.60 Å². The number of alkyl halides is 3. The van der Waals surface area contributed by atoms with Crippen LogP contribution < -0.4 is 5.32 Å². The van der Waals surface area contributed by atoms with E-state index in [0.717, 1.165) is 0 Å². The fraction of sp³-hybridized carbons (Fsp3) is 0.929. The van der Waals surface area contributed by atoms with E-state index in [1.54, 1.807) is 6.92 Å². The summed E-state index contributed by atoms with van der Waals surface area (Å²) in [6, 6.07) is 0. The Morgan fingerprint density at radius 3 is 2.71 bits per heavy atom. The van der Waals surface area contributed by atoms with E-state index in [-0.39, 0.29) is 25.5 Å². The van der Waals surface area contributed by atoms with Crippen molar-refractivity contribution in [3.63, 3.8) is 0 Å². The maximum Gasteiger partial charge on any atom is 0.391 e. The lowest BCUT2D eigenvalue weighted by molar-refractivity contribution is -0.186. The molecule has 1 saturated heterocycles. The molecule has 1 saturated carbocycles. The Bertz CT molecular complexity index is 388. The van der Waals surface area contributed by atoms with Crippen LogP contribution in [-0.2, 0) is 9.53 Å². The Balaban J connectivity index is 1.86. The molecule has 2 N–H and O–H groups in total. The van der Waals surface area contributed by atoms with E-state index in [2.05, 4.69) is 5.32 Å². The zero-order chi connectivity index (χ0) is 15.7. The molecule has 1 heterocycles. The highest BCUT2D eigenvalue weighted by molar-refractivity contribution is 5.78. The summed E-state index contributed by atoms with van der Waals surface area (Å²) in [7, 11) is 0. The molecule has 4 atom stereocenters. The number of nitrogens with one attached hydrogen (secondary N) is 1. The van der Waals surface area contributed by atoms with E-state index in [1.165, 1.54) is 0 Å². The summed E-state index contributed by atoms with van der Waals surface area (Å²) in [5.41, 5.74) is -1.12. The predicted octanol–water partition coefficient (Wildman–Crippen LogP) is 2.01. The summed E-state index contributed by atoms with van der Waals surface area (Å²) in [4.78, 5) is 12.0. The van der Waals surface area contributed by atoms with Crippen molar-refractivity contribution in [2.24, 2.45) is 11.8 Å². The lowest BCUT2D eigenvalue weighted by Gasteiger charge is -2.31. The third-order valence-electron chi connectivity index (χ3n) is 4.74. The van der Waals surface area contributed by atoms with Crippen molar-refractivity contribution in [1.29, 1.82) is 0 Å². The molecule has 2 aliphatic rings. The Morgan fingerprint density at radius 2 is 2.14 bits per heavy atom. The second kappa shape index (κ2) is 6.12. The number of carbonyl (C=O) groups excluding carboxylic acids is 1. The van der Waals surface area contributed by atoms with Crippen LogP contribution in [0, 0.1) is 11.8 Å². The molecule has 0 bridgehead atoms. The Kier molecular flexibility index (Phi) is 4.82. The predicted molar refractivity (Wildman–Crippen MR) is 69.5 cm³/mol. The van der Waals surface area contributed by atoms with E-state index in [9.17, 15) is 23.1 Å². The van der Waals surface area contributed by atoms with Gasteiger partial charge in [0.25, 0.3) is 0 Å². The topological polar surface area (TPSA) is 58.6 Å². The van der Waals surface area contributed by atoms with Gasteiger partial charge in [-0.2, -0.15) is 13.2 Å². The van der Waals surface area contributed by atoms with E-state index in [1.807, 2.05) is 0 Å². The second-order valence-electron chi connectivity index (χ2n) is 6.19. The average Bonchev–Trinajstić information content (AvgIpc) is 2.76. The fourth-order valence-electron chi connectivity index (χ4n) is 3.11. The molecule has 2 fully saturated rings. The molecule has 4 nitrogen and oxygen atoms in total. The average molecular weight is 309 g/mol. The summed E-state index contributed by atoms with van der Waals surface area (Å²) in [6.07, 6.45) is -3.36. The highest BCUT2D eigenvalue weighted by atomic mass is 19.4. The fourth-order valence-corrected chi connectivity index (χ4v) is 3.11. The quantitative estimate of drug-likeness (QED) is 0.838. The molecule has 0 aromatic rings. The zero-order valence-electron chi connectivity index (χ0n) is 12.1. The number of hydrogen-bond donors (Lipinski definition) is 2. The van der Waals surface area contributed by atoms with Gasteiger partial charge in [-0.3, -0.25) is 4.79 Å². The van der Waals surface area contributed by atoms with Gasteiger partial charge in [0.2, 0.25) is 5.91 Å². The first-order valence-electron chi connectivity index (χ1n) is 7.41. The van der Waals surface area contributed by atoms with Crippen molar-refractivity contribution in [2.75, 3.05) is 13.2 Å². The van der Waals surface area contributed by atoms with E-state index in [0.29, 0.717) is 25.9 Å². The molecule has 0 aromatic heterocycles. The monoisotopic (exact) mass is 309 g/mol. The molecular formula is C14H22F3NO3. The van der Waals surface area contributed by atoms with E-state index < -0.39 is 29.5 Å². The minimum absolute atomic E-state index is 0.0280. The maximum atomic E-state index is 12.7. The molecule has 0 spiro atoms. The first-order valence-corrected chi connectivity index (χ1v) is 7.41. The minimum atomic E-state index is -4.23. The molecule has 1 aliphatic heterocycles. The molecule has 1 aliphatic carbocycles. The number of carbonyl (C=O) groups is 1. The van der Waals surface area contributed by atoms with Gasteiger partial charge >= 0.3 is 6.18 Å². The van der Waals surface area contributed by atoms with Crippen molar-refractivity contribution in [1.82, 2.24) is 5.32 Å². The minimum Gasteiger partial charge on any atom is -0.385 e. The van der Waals surface area contributed by atoms with Crippen molar-refractivity contribution in [3.05, 3.63) is 0 Å². The highest BCUT2D eigenvalue weighted by Gasteiger charge is 2.44. The summed E-state index contributed by atoms with van der Waals surface area (Å²) in [6.45, 7) is 2.17. The second-order valence-corrected chi connectivity index (χ2v) is 6.19. The van der Waals surface area contributed by atoms with Crippen molar-refractivity contribution in [3.8, 4) is 0 Å². The third kappa shape index (κ3) is 3.88. The number of ether oxygens (including phenoxy) is 1. The van der Waals surface area contributed by atoms with Gasteiger partial charge in [0.05, 0.1) is 12.0 Å². The molecule has 2 rings (SSSR count). The van der Waals surface area contributed by atoms with Crippen LogP contribution >= 0.6 is 0 Å². The van der Waals surface area contributed by atoms with Crippen LogP contribution in [-0.4, -0.2) is 42.0 Å². The van der Waals surface area contributed by atoms with Crippen LogP contribution in [0.4, 0.5) is 13.2 Å². The zero-order valence-corrected chi connectivity index (χ0v) is 12.1. The molecule has 21 heavy (non-hydrogen) atoms. The van der Waals surface area contributed by atoms with Crippen molar-refractivity contribution >= 4 is 5.91 Å². The van der Waals surface area contributed by atoms with Gasteiger partial charge in [-0.15, -0.1) is 0 Å². The largest absolute Gasteiger partial charge is 0.391 e. The van der Waals surface area contributed by atoms with Crippen LogP contribution in [0.3, 0.4) is 0 Å². The van der Waals surface area contributed by atoms with Gasteiger partial charge in [-0.25, -0.2) is 0 Å². The smallest absolute Gasteiger partial charge is 0.385 e. The van der Waals surface area contributed by atoms with Crippen molar-refractivity contribution in [2.45, 2.75) is 56.9 Å². The first-order chi connectivity index (χ1) is 9.72. The Hall–Kier alpha value is -0.820. The highest BCUT2D eigenvalue weighted by Crippen LogP contribution is 2.40. The summed E-state index contributed by atoms with van der Waals surface area (Å²) < 4.78 is 43.5. The summed E-state index contributed by atoms with van der Waals surface area (Å²) in [5, 5.41) is 12.9. The number of halogens is 3. The van der Waals surface area contributed by atoms with Crippen molar-refractivity contribution < 1.29 is 27.8 Å². The molecule has 7 heteroatoms. The molecule has 122 valence electrons. The molecule has 1 amide bonds. The SMILES string of the molecule is CC1OCCC1(O)CNC(=O)C1CCCC(C(F)(F)F)C1. The van der Waals surface area contributed by atoms with Gasteiger partial charge in [-0.05, 0) is 26.2 Å². The molecule has 0 radical (unpaired) electrons. The van der Waals surface area contributed by atoms with Crippen LogP contribution in [0.15, 0.2) is 0 Å². The number of hydrogen-bond acceptors (Lipinski definition) is 3. The maximum absolute atomic E-state index is 12.7. The molecule has 0 aromatic carbocycles. The van der Waals surface area contributed by atoms with Gasteiger partial charge in [0, 0.05) is 25.5 Å². The number of amides is 1. The van der Waals surface area contributed by atoms with Gasteiger partial charge in [0.15, 0.2) is 0 Å². The number of rotatable bonds is 3. The summed E-state index contributed by atoms with van der Waals surface area (Å²) in [5.74, 6) is -2.40. The molecular weight excluding hydrogens is 287 g/mol. The van der Waals surface area contributed by atoms with Gasteiger partial charge < -0.3 is 15.2 Å². The Morgan fingerprint density at radius 1 is 1.43 bits per heavy atom.